The summed E-state index contributed by atoms with van der Waals surface area (Å²) < 4.78 is 0. The summed E-state index contributed by atoms with van der Waals surface area (Å²) in [5, 5.41) is 38.3. The molecular formula is C20H28N6O4. The third-order valence-electron chi connectivity index (χ3n) is 5.02. The average molecular weight is 416 g/mol. The summed E-state index contributed by atoms with van der Waals surface area (Å²) >= 11 is 0. The first kappa shape index (κ1) is 21.4. The maximum Gasteiger partial charge on any atom is 0.339 e. The largest absolute Gasteiger partial charge is 0.507 e. The van der Waals surface area contributed by atoms with Crippen LogP contribution >= 0.6 is 0 Å². The lowest BCUT2D eigenvalue weighted by Gasteiger charge is -2.24. The Hall–Kier alpha value is -3.27. The minimum Gasteiger partial charge on any atom is -0.507 e. The van der Waals surface area contributed by atoms with Crippen LogP contribution in [0.1, 0.15) is 38.1 Å². The fourth-order valence-corrected chi connectivity index (χ4v) is 3.15. The lowest BCUT2D eigenvalue weighted by atomic mass is 10.1. The van der Waals surface area contributed by atoms with Crippen LogP contribution in [0.2, 0.25) is 0 Å². The highest BCUT2D eigenvalue weighted by Crippen LogP contribution is 2.38. The van der Waals surface area contributed by atoms with Gasteiger partial charge in [0.1, 0.15) is 17.0 Å². The quantitative estimate of drug-likeness (QED) is 0.355. The smallest absolute Gasteiger partial charge is 0.339 e. The molecule has 0 radical (unpaired) electrons. The number of aromatic carboxylic acids is 1. The third-order valence-corrected chi connectivity index (χ3v) is 5.02. The van der Waals surface area contributed by atoms with Crippen molar-refractivity contribution in [2.75, 3.05) is 34.1 Å². The van der Waals surface area contributed by atoms with E-state index in [1.165, 1.54) is 12.1 Å². The number of rotatable bonds is 8. The predicted molar refractivity (Wildman–Crippen MR) is 116 cm³/mol. The van der Waals surface area contributed by atoms with Crippen LogP contribution in [0.4, 0.5) is 29.0 Å². The van der Waals surface area contributed by atoms with Crippen molar-refractivity contribution in [2.45, 2.75) is 39.8 Å². The van der Waals surface area contributed by atoms with Crippen LogP contribution in [0.3, 0.4) is 0 Å². The number of nitrogens with zero attached hydrogens (tertiary/aromatic N) is 3. The summed E-state index contributed by atoms with van der Waals surface area (Å²) in [6.45, 7) is 8.60. The van der Waals surface area contributed by atoms with E-state index in [1.807, 2.05) is 13.8 Å². The van der Waals surface area contributed by atoms with Gasteiger partial charge >= 0.3 is 5.97 Å². The second-order valence-corrected chi connectivity index (χ2v) is 7.83. The molecule has 1 aromatic heterocycles. The van der Waals surface area contributed by atoms with E-state index in [9.17, 15) is 20.1 Å². The molecule has 6 N–H and O–H groups in total. The summed E-state index contributed by atoms with van der Waals surface area (Å²) in [5.41, 5.74) is 0.953. The Morgan fingerprint density at radius 2 is 2.00 bits per heavy atom. The van der Waals surface area contributed by atoms with Crippen LogP contribution in [0.15, 0.2) is 18.2 Å². The van der Waals surface area contributed by atoms with Crippen molar-refractivity contribution in [2.24, 2.45) is 5.92 Å². The summed E-state index contributed by atoms with van der Waals surface area (Å²) in [6.07, 6.45) is 0. The Morgan fingerprint density at radius 1 is 1.27 bits per heavy atom. The van der Waals surface area contributed by atoms with Crippen molar-refractivity contribution in [3.8, 4) is 5.75 Å². The highest BCUT2D eigenvalue weighted by Gasteiger charge is 2.28. The van der Waals surface area contributed by atoms with Gasteiger partial charge in [-0.15, -0.1) is 0 Å². The maximum absolute atomic E-state index is 11.3. The number of benzene rings is 1. The Balaban J connectivity index is 2.02. The second-order valence-electron chi connectivity index (χ2n) is 7.83. The van der Waals surface area contributed by atoms with Crippen molar-refractivity contribution in [3.05, 3.63) is 23.8 Å². The number of nitrogens with one attached hydrogen (secondary N) is 3. The number of hydrogen-bond acceptors (Lipinski definition) is 9. The normalized spacial score (nSPS) is 13.9. The molecule has 10 nitrogen and oxygen atoms in total. The molecule has 1 atom stereocenters. The fourth-order valence-electron chi connectivity index (χ4n) is 3.15. The van der Waals surface area contributed by atoms with Gasteiger partial charge in [0.2, 0.25) is 5.95 Å². The highest BCUT2D eigenvalue weighted by atomic mass is 16.4. The SMILES string of the molecule is CC(C)[C@H](CO)Nc1nc(Nc2ccc(O)c(C(=O)O)c2)c2c(n1)N(C(C)C)CN2. The molecule has 3 rings (SSSR count). The molecule has 10 heteroatoms. The Kier molecular flexibility index (Phi) is 6.16. The van der Waals surface area contributed by atoms with Gasteiger partial charge in [0.05, 0.1) is 19.3 Å². The van der Waals surface area contributed by atoms with Crippen LogP contribution < -0.4 is 20.9 Å². The van der Waals surface area contributed by atoms with Gasteiger partial charge in [0.15, 0.2) is 11.6 Å². The molecule has 0 unspecified atom stereocenters. The third kappa shape index (κ3) is 4.33. The van der Waals surface area contributed by atoms with Gasteiger partial charge in [-0.05, 0) is 38.0 Å². The van der Waals surface area contributed by atoms with Crippen LogP contribution in [0, 0.1) is 5.92 Å². The molecule has 2 aromatic rings. The van der Waals surface area contributed by atoms with Gasteiger partial charge in [-0.2, -0.15) is 9.97 Å². The van der Waals surface area contributed by atoms with Gasteiger partial charge in [-0.1, -0.05) is 13.8 Å². The summed E-state index contributed by atoms with van der Waals surface area (Å²) in [6, 6.07) is 4.22. The first-order valence-electron chi connectivity index (χ1n) is 9.84. The van der Waals surface area contributed by atoms with E-state index in [1.54, 1.807) is 6.07 Å². The van der Waals surface area contributed by atoms with Gasteiger partial charge in [-0.3, -0.25) is 0 Å². The number of hydrogen-bond donors (Lipinski definition) is 6. The maximum atomic E-state index is 11.3. The number of carbonyl (C=O) groups is 1. The van der Waals surface area contributed by atoms with Gasteiger partial charge in [0, 0.05) is 11.7 Å². The van der Waals surface area contributed by atoms with E-state index in [0.717, 1.165) is 0 Å². The van der Waals surface area contributed by atoms with Crippen molar-refractivity contribution in [1.29, 1.82) is 0 Å². The van der Waals surface area contributed by atoms with E-state index < -0.39 is 5.97 Å². The van der Waals surface area contributed by atoms with Crippen molar-refractivity contribution in [3.63, 3.8) is 0 Å². The van der Waals surface area contributed by atoms with E-state index in [-0.39, 0.29) is 35.9 Å². The van der Waals surface area contributed by atoms with E-state index in [0.29, 0.717) is 35.6 Å². The summed E-state index contributed by atoms with van der Waals surface area (Å²) in [5.74, 6) is 0.164. The van der Waals surface area contributed by atoms with Crippen LogP contribution in [-0.2, 0) is 0 Å². The number of aromatic nitrogens is 2. The highest BCUT2D eigenvalue weighted by molar-refractivity contribution is 5.93. The van der Waals surface area contributed by atoms with Gasteiger partial charge in [-0.25, -0.2) is 4.79 Å². The first-order chi connectivity index (χ1) is 14.2. The number of aromatic hydroxyl groups is 1. The van der Waals surface area contributed by atoms with Crippen LogP contribution in [-0.4, -0.2) is 56.6 Å². The predicted octanol–water partition coefficient (Wildman–Crippen LogP) is 2.65. The molecule has 1 aliphatic rings. The fraction of sp³-hybridized carbons (Fsp3) is 0.450. The lowest BCUT2D eigenvalue weighted by Crippen LogP contribution is -2.32. The van der Waals surface area contributed by atoms with Crippen LogP contribution in [0.25, 0.3) is 0 Å². The minimum atomic E-state index is -1.22. The first-order valence-corrected chi connectivity index (χ1v) is 9.84. The number of anilines is 5. The minimum absolute atomic E-state index is 0.0625. The standard InChI is InChI=1S/C20H28N6O4/c1-10(2)14(8-27)23-20-24-17(16-18(25-20)26(9-21-16)11(3)4)22-12-5-6-15(28)13(7-12)19(29)30/h5-7,10-11,14,21,27-28H,8-9H2,1-4H3,(H,29,30)(H2,22,23,24,25)/t14-/m0/s1. The van der Waals surface area contributed by atoms with Crippen molar-refractivity contribution < 1.29 is 20.1 Å². The molecule has 0 aliphatic carbocycles. The van der Waals surface area contributed by atoms with Gasteiger partial charge in [0.25, 0.3) is 0 Å². The van der Waals surface area contributed by atoms with Crippen molar-refractivity contribution in [1.82, 2.24) is 9.97 Å². The zero-order valence-electron chi connectivity index (χ0n) is 17.5. The molecule has 0 spiro atoms. The number of fused-ring (bicyclic) bond motifs is 1. The molecule has 0 saturated carbocycles. The zero-order valence-corrected chi connectivity index (χ0v) is 17.5. The molecule has 1 aliphatic heterocycles. The zero-order chi connectivity index (χ0) is 22.0. The van der Waals surface area contributed by atoms with E-state index in [4.69, 9.17) is 0 Å². The molecular weight excluding hydrogens is 388 g/mol. The molecule has 0 amide bonds. The van der Waals surface area contributed by atoms with Crippen LogP contribution in [0.5, 0.6) is 5.75 Å². The number of carboxylic acid groups (broad SMARTS) is 1. The molecule has 30 heavy (non-hydrogen) atoms. The number of phenols is 1. The summed E-state index contributed by atoms with van der Waals surface area (Å²) in [7, 11) is 0. The number of carboxylic acids is 1. The Morgan fingerprint density at radius 3 is 2.60 bits per heavy atom. The second kappa shape index (κ2) is 8.62. The average Bonchev–Trinajstić information content (AvgIpc) is 3.11. The molecule has 0 bridgehead atoms. The molecule has 0 fully saturated rings. The Labute approximate surface area is 175 Å². The topological polar surface area (TPSA) is 143 Å². The van der Waals surface area contributed by atoms with E-state index >= 15 is 0 Å². The molecule has 1 aromatic carbocycles. The van der Waals surface area contributed by atoms with E-state index in [2.05, 4.69) is 44.7 Å². The lowest BCUT2D eigenvalue weighted by molar-refractivity contribution is 0.0694. The number of aliphatic hydroxyl groups is 1. The molecule has 0 saturated heterocycles. The molecule has 162 valence electrons. The van der Waals surface area contributed by atoms with Crippen molar-refractivity contribution >= 4 is 34.9 Å². The molecule has 2 heterocycles. The van der Waals surface area contributed by atoms with Gasteiger partial charge < -0.3 is 36.2 Å². The Bertz CT molecular complexity index is 934. The summed E-state index contributed by atoms with van der Waals surface area (Å²) in [4.78, 5) is 22.6. The monoisotopic (exact) mass is 416 g/mol. The number of aliphatic hydroxyl groups excluding tert-OH is 1.